The number of benzene rings is 2. The number of hydrogen-bond donors (Lipinski definition) is 1. The van der Waals surface area contributed by atoms with Crippen molar-refractivity contribution in [3.05, 3.63) is 64.7 Å². The first-order valence-corrected chi connectivity index (χ1v) is 11.7. The number of nitrogens with one attached hydrogen (secondary N) is 1. The first-order chi connectivity index (χ1) is 17.2. The molecule has 0 spiro atoms. The molecule has 0 atom stereocenters. The lowest BCUT2D eigenvalue weighted by atomic mass is 10.0. The van der Waals surface area contributed by atoms with E-state index in [-0.39, 0.29) is 45.0 Å². The highest BCUT2D eigenvalue weighted by atomic mass is 19.1. The normalized spacial score (nSPS) is 14.3. The Balaban J connectivity index is 1.71. The van der Waals surface area contributed by atoms with Gasteiger partial charge in [-0.15, -0.1) is 0 Å². The Morgan fingerprint density at radius 3 is 2.17 bits per heavy atom. The molecular formula is C25H28F4N4O3. The zero-order valence-corrected chi connectivity index (χ0v) is 20.1. The number of carbonyl (C=O) groups excluding carboxylic acids is 3. The van der Waals surface area contributed by atoms with Gasteiger partial charge in [0.15, 0.2) is 0 Å². The molecule has 1 saturated heterocycles. The zero-order valence-electron chi connectivity index (χ0n) is 20.1. The van der Waals surface area contributed by atoms with Gasteiger partial charge in [-0.2, -0.15) is 0 Å². The highest BCUT2D eigenvalue weighted by Gasteiger charge is 2.31. The SMILES string of the molecule is CCN(CC)C(=O)c1c(F)ccc(F)c1C(=O)N1CCCN(CC(=O)Nc2ccc(F)cc2F)CC1. The molecule has 0 bridgehead atoms. The molecule has 7 nitrogen and oxygen atoms in total. The van der Waals surface area contributed by atoms with Crippen LogP contribution in [0.2, 0.25) is 0 Å². The number of amides is 3. The van der Waals surface area contributed by atoms with Crippen LogP contribution in [0.5, 0.6) is 0 Å². The van der Waals surface area contributed by atoms with Crippen LogP contribution in [0.3, 0.4) is 0 Å². The van der Waals surface area contributed by atoms with E-state index in [4.69, 9.17) is 0 Å². The maximum absolute atomic E-state index is 14.8. The largest absolute Gasteiger partial charge is 0.339 e. The fourth-order valence-electron chi connectivity index (χ4n) is 4.11. The first kappa shape index (κ1) is 27.1. The Hall–Kier alpha value is -3.47. The summed E-state index contributed by atoms with van der Waals surface area (Å²) >= 11 is 0. The Bertz CT molecular complexity index is 1140. The molecule has 0 aliphatic carbocycles. The van der Waals surface area contributed by atoms with E-state index < -0.39 is 52.1 Å². The second-order valence-corrected chi connectivity index (χ2v) is 8.35. The smallest absolute Gasteiger partial charge is 0.257 e. The first-order valence-electron chi connectivity index (χ1n) is 11.7. The molecule has 0 unspecified atom stereocenters. The zero-order chi connectivity index (χ0) is 26.4. The molecule has 36 heavy (non-hydrogen) atoms. The second-order valence-electron chi connectivity index (χ2n) is 8.35. The lowest BCUT2D eigenvalue weighted by Crippen LogP contribution is -2.39. The van der Waals surface area contributed by atoms with E-state index in [1.807, 2.05) is 0 Å². The van der Waals surface area contributed by atoms with E-state index in [0.29, 0.717) is 19.0 Å². The minimum absolute atomic E-state index is 0.103. The minimum atomic E-state index is -0.987. The topological polar surface area (TPSA) is 73.0 Å². The van der Waals surface area contributed by atoms with Gasteiger partial charge in [-0.1, -0.05) is 0 Å². The quantitative estimate of drug-likeness (QED) is 0.581. The van der Waals surface area contributed by atoms with E-state index in [1.165, 1.54) is 9.80 Å². The average Bonchev–Trinajstić information content (AvgIpc) is 3.08. The summed E-state index contributed by atoms with van der Waals surface area (Å²) in [7, 11) is 0. The van der Waals surface area contributed by atoms with E-state index in [2.05, 4.69) is 5.32 Å². The molecule has 1 fully saturated rings. The molecular weight excluding hydrogens is 480 g/mol. The lowest BCUT2D eigenvalue weighted by molar-refractivity contribution is -0.117. The van der Waals surface area contributed by atoms with Gasteiger partial charge < -0.3 is 15.1 Å². The molecule has 2 aromatic rings. The molecule has 3 rings (SSSR count). The predicted molar refractivity (Wildman–Crippen MR) is 126 cm³/mol. The van der Waals surface area contributed by atoms with Crippen molar-refractivity contribution in [1.82, 2.24) is 14.7 Å². The maximum atomic E-state index is 14.8. The molecule has 1 aliphatic heterocycles. The summed E-state index contributed by atoms with van der Waals surface area (Å²) in [6, 6.07) is 4.46. The van der Waals surface area contributed by atoms with E-state index in [9.17, 15) is 31.9 Å². The Morgan fingerprint density at radius 1 is 0.861 bits per heavy atom. The van der Waals surface area contributed by atoms with Crippen molar-refractivity contribution < 1.29 is 31.9 Å². The highest BCUT2D eigenvalue weighted by Crippen LogP contribution is 2.23. The number of anilines is 1. The van der Waals surface area contributed by atoms with Crippen LogP contribution in [0, 0.1) is 23.3 Å². The summed E-state index contributed by atoms with van der Waals surface area (Å²) in [6.07, 6.45) is 0.431. The third kappa shape index (κ3) is 6.20. The van der Waals surface area contributed by atoms with E-state index >= 15 is 0 Å². The maximum Gasteiger partial charge on any atom is 0.257 e. The molecule has 3 amide bonds. The fourth-order valence-corrected chi connectivity index (χ4v) is 4.11. The van der Waals surface area contributed by atoms with Gasteiger partial charge >= 0.3 is 0 Å². The summed E-state index contributed by atoms with van der Waals surface area (Å²) in [5, 5.41) is 2.38. The standard InChI is InChI=1S/C25H28F4N4O3/c1-3-32(4-2)24(35)22-17(27)7-8-18(28)23(22)25(36)33-11-5-10-31(12-13-33)15-21(34)30-20-9-6-16(26)14-19(20)29/h6-9,14H,3-5,10-13,15H2,1-2H3,(H,30,34). The summed E-state index contributed by atoms with van der Waals surface area (Å²) in [6.45, 7) is 4.78. The van der Waals surface area contributed by atoms with Gasteiger partial charge in [0.05, 0.1) is 23.4 Å². The lowest BCUT2D eigenvalue weighted by Gasteiger charge is -2.25. The Labute approximate surface area is 206 Å². The Morgan fingerprint density at radius 2 is 1.53 bits per heavy atom. The van der Waals surface area contributed by atoms with Crippen molar-refractivity contribution in [2.24, 2.45) is 0 Å². The molecule has 1 N–H and O–H groups in total. The molecule has 194 valence electrons. The summed E-state index contributed by atoms with van der Waals surface area (Å²) in [5.41, 5.74) is -1.35. The molecule has 1 heterocycles. The second kappa shape index (κ2) is 12.0. The summed E-state index contributed by atoms with van der Waals surface area (Å²) in [4.78, 5) is 42.9. The van der Waals surface area contributed by atoms with Crippen molar-refractivity contribution >= 4 is 23.4 Å². The third-order valence-electron chi connectivity index (χ3n) is 6.03. The van der Waals surface area contributed by atoms with Crippen LogP contribution in [0.15, 0.2) is 30.3 Å². The van der Waals surface area contributed by atoms with Crippen molar-refractivity contribution in [1.29, 1.82) is 0 Å². The van der Waals surface area contributed by atoms with Crippen molar-refractivity contribution in [2.45, 2.75) is 20.3 Å². The monoisotopic (exact) mass is 508 g/mol. The van der Waals surface area contributed by atoms with E-state index in [1.54, 1.807) is 18.7 Å². The molecule has 11 heteroatoms. The summed E-state index contributed by atoms with van der Waals surface area (Å²) in [5.74, 6) is -5.72. The molecule has 1 aliphatic rings. The van der Waals surface area contributed by atoms with E-state index in [0.717, 1.165) is 24.3 Å². The van der Waals surface area contributed by atoms with Gasteiger partial charge in [-0.3, -0.25) is 19.3 Å². The van der Waals surface area contributed by atoms with Crippen LogP contribution in [0.4, 0.5) is 23.2 Å². The van der Waals surface area contributed by atoms with Gasteiger partial charge in [0.1, 0.15) is 23.3 Å². The van der Waals surface area contributed by atoms with Gasteiger partial charge in [-0.25, -0.2) is 17.6 Å². The van der Waals surface area contributed by atoms with Crippen molar-refractivity contribution in [3.63, 3.8) is 0 Å². The van der Waals surface area contributed by atoms with Crippen LogP contribution in [-0.4, -0.2) is 78.2 Å². The number of carbonyl (C=O) groups is 3. The van der Waals surface area contributed by atoms with Crippen molar-refractivity contribution in [3.8, 4) is 0 Å². The van der Waals surface area contributed by atoms with Crippen LogP contribution in [0.25, 0.3) is 0 Å². The minimum Gasteiger partial charge on any atom is -0.339 e. The molecule has 0 radical (unpaired) electrons. The Kier molecular flexibility index (Phi) is 9.03. The molecule has 2 aromatic carbocycles. The van der Waals surface area contributed by atoms with Gasteiger partial charge in [0.25, 0.3) is 11.8 Å². The summed E-state index contributed by atoms with van der Waals surface area (Å²) < 4.78 is 56.3. The number of halogens is 4. The van der Waals surface area contributed by atoms with Crippen LogP contribution in [-0.2, 0) is 4.79 Å². The number of hydrogen-bond acceptors (Lipinski definition) is 4. The van der Waals surface area contributed by atoms with Crippen LogP contribution >= 0.6 is 0 Å². The van der Waals surface area contributed by atoms with Crippen LogP contribution in [0.1, 0.15) is 41.0 Å². The van der Waals surface area contributed by atoms with Gasteiger partial charge in [0.2, 0.25) is 5.91 Å². The fraction of sp³-hybridized carbons (Fsp3) is 0.400. The highest BCUT2D eigenvalue weighted by molar-refractivity contribution is 6.07. The van der Waals surface area contributed by atoms with Gasteiger partial charge in [0, 0.05) is 45.3 Å². The average molecular weight is 509 g/mol. The van der Waals surface area contributed by atoms with Crippen molar-refractivity contribution in [2.75, 3.05) is 51.1 Å². The number of rotatable bonds is 7. The van der Waals surface area contributed by atoms with Crippen LogP contribution < -0.4 is 5.32 Å². The third-order valence-corrected chi connectivity index (χ3v) is 6.03. The van der Waals surface area contributed by atoms with Gasteiger partial charge in [-0.05, 0) is 44.5 Å². The number of nitrogens with zero attached hydrogens (tertiary/aromatic N) is 3. The molecule has 0 aromatic heterocycles. The predicted octanol–water partition coefficient (Wildman–Crippen LogP) is 3.51. The molecule has 0 saturated carbocycles.